The van der Waals surface area contributed by atoms with Gasteiger partial charge < -0.3 is 4.74 Å². The standard InChI is InChI=1S/C21H32O3/c1-6-8-19(22)20(9-7-2)24-21(23)16(5)18-12-10-17(11-13-18)14-15(3)4/h10-13,15-16,20H,6-9,14H2,1-5H3. The Balaban J connectivity index is 2.72. The van der Waals surface area contributed by atoms with E-state index in [1.54, 1.807) is 0 Å². The molecule has 24 heavy (non-hydrogen) atoms. The Hall–Kier alpha value is -1.64. The predicted molar refractivity (Wildman–Crippen MR) is 98.1 cm³/mol. The molecule has 2 unspecified atom stereocenters. The van der Waals surface area contributed by atoms with Crippen LogP contribution in [-0.2, 0) is 20.7 Å². The summed E-state index contributed by atoms with van der Waals surface area (Å²) in [5.41, 5.74) is 2.21. The van der Waals surface area contributed by atoms with Gasteiger partial charge in [-0.05, 0) is 43.2 Å². The zero-order valence-electron chi connectivity index (χ0n) is 15.8. The topological polar surface area (TPSA) is 43.4 Å². The molecule has 0 saturated heterocycles. The second-order valence-electron chi connectivity index (χ2n) is 6.99. The lowest BCUT2D eigenvalue weighted by Crippen LogP contribution is -2.29. The van der Waals surface area contributed by atoms with Crippen LogP contribution in [0.5, 0.6) is 0 Å². The molecule has 0 heterocycles. The van der Waals surface area contributed by atoms with Crippen molar-refractivity contribution in [3.63, 3.8) is 0 Å². The van der Waals surface area contributed by atoms with Crippen LogP contribution < -0.4 is 0 Å². The summed E-state index contributed by atoms with van der Waals surface area (Å²) in [6, 6.07) is 8.13. The van der Waals surface area contributed by atoms with E-state index in [2.05, 4.69) is 26.0 Å². The fourth-order valence-corrected chi connectivity index (χ4v) is 2.75. The third-order valence-corrected chi connectivity index (χ3v) is 4.14. The number of hydrogen-bond acceptors (Lipinski definition) is 3. The molecular weight excluding hydrogens is 300 g/mol. The molecule has 0 saturated carbocycles. The van der Waals surface area contributed by atoms with Crippen molar-refractivity contribution in [2.24, 2.45) is 5.92 Å². The monoisotopic (exact) mass is 332 g/mol. The summed E-state index contributed by atoms with van der Waals surface area (Å²) in [6.45, 7) is 10.2. The van der Waals surface area contributed by atoms with Gasteiger partial charge in [0.05, 0.1) is 5.92 Å². The number of ketones is 1. The van der Waals surface area contributed by atoms with Crippen LogP contribution in [0.4, 0.5) is 0 Å². The van der Waals surface area contributed by atoms with Crippen molar-refractivity contribution in [1.29, 1.82) is 0 Å². The average molecular weight is 332 g/mol. The van der Waals surface area contributed by atoms with Gasteiger partial charge >= 0.3 is 5.97 Å². The summed E-state index contributed by atoms with van der Waals surface area (Å²) in [4.78, 5) is 24.5. The molecule has 0 fully saturated rings. The number of Topliss-reactive ketones (excluding diaryl/α,β-unsaturated/α-hetero) is 1. The Kier molecular flexibility index (Phi) is 8.73. The summed E-state index contributed by atoms with van der Waals surface area (Å²) < 4.78 is 5.53. The number of carbonyl (C=O) groups is 2. The van der Waals surface area contributed by atoms with Crippen LogP contribution in [0.2, 0.25) is 0 Å². The predicted octanol–water partition coefficient (Wildman–Crippen LogP) is 5.07. The van der Waals surface area contributed by atoms with E-state index in [0.29, 0.717) is 18.8 Å². The number of benzene rings is 1. The maximum atomic E-state index is 12.4. The smallest absolute Gasteiger partial charge is 0.313 e. The highest BCUT2D eigenvalue weighted by Gasteiger charge is 2.25. The van der Waals surface area contributed by atoms with Crippen LogP contribution in [0.1, 0.15) is 77.3 Å². The van der Waals surface area contributed by atoms with Crippen molar-refractivity contribution in [3.05, 3.63) is 35.4 Å². The minimum Gasteiger partial charge on any atom is -0.454 e. The zero-order valence-corrected chi connectivity index (χ0v) is 15.8. The molecule has 0 N–H and O–H groups in total. The van der Waals surface area contributed by atoms with Crippen molar-refractivity contribution >= 4 is 11.8 Å². The molecule has 0 aliphatic heterocycles. The Labute approximate surface area is 146 Å². The molecule has 2 atom stereocenters. The van der Waals surface area contributed by atoms with Crippen LogP contribution in [0.15, 0.2) is 24.3 Å². The van der Waals surface area contributed by atoms with E-state index >= 15 is 0 Å². The lowest BCUT2D eigenvalue weighted by molar-refractivity contribution is -0.156. The normalized spacial score (nSPS) is 13.6. The van der Waals surface area contributed by atoms with Crippen LogP contribution in [0.3, 0.4) is 0 Å². The van der Waals surface area contributed by atoms with E-state index in [0.717, 1.165) is 24.8 Å². The number of esters is 1. The van der Waals surface area contributed by atoms with Gasteiger partial charge in [-0.2, -0.15) is 0 Å². The van der Waals surface area contributed by atoms with Gasteiger partial charge in [0.25, 0.3) is 0 Å². The van der Waals surface area contributed by atoms with Gasteiger partial charge in [0.1, 0.15) is 0 Å². The summed E-state index contributed by atoms with van der Waals surface area (Å²) in [7, 11) is 0. The van der Waals surface area contributed by atoms with Gasteiger partial charge in [-0.3, -0.25) is 9.59 Å². The molecule has 0 aromatic heterocycles. The van der Waals surface area contributed by atoms with Gasteiger partial charge in [-0.15, -0.1) is 0 Å². The molecule has 134 valence electrons. The lowest BCUT2D eigenvalue weighted by Gasteiger charge is -2.19. The van der Waals surface area contributed by atoms with E-state index in [1.165, 1.54) is 5.56 Å². The second kappa shape index (κ2) is 10.3. The third-order valence-electron chi connectivity index (χ3n) is 4.14. The van der Waals surface area contributed by atoms with Crippen LogP contribution >= 0.6 is 0 Å². The molecule has 3 nitrogen and oxygen atoms in total. The molecule has 0 aliphatic carbocycles. The fraction of sp³-hybridized carbons (Fsp3) is 0.619. The van der Waals surface area contributed by atoms with E-state index < -0.39 is 6.10 Å². The lowest BCUT2D eigenvalue weighted by atomic mass is 9.96. The minimum atomic E-state index is -0.592. The van der Waals surface area contributed by atoms with Crippen molar-refractivity contribution < 1.29 is 14.3 Å². The highest BCUT2D eigenvalue weighted by molar-refractivity contribution is 5.87. The molecule has 0 amide bonds. The molecular formula is C21H32O3. The van der Waals surface area contributed by atoms with Gasteiger partial charge in [0, 0.05) is 6.42 Å². The van der Waals surface area contributed by atoms with E-state index in [-0.39, 0.29) is 17.7 Å². The zero-order chi connectivity index (χ0) is 18.1. The summed E-state index contributed by atoms with van der Waals surface area (Å²) >= 11 is 0. The molecule has 1 aromatic carbocycles. The quantitative estimate of drug-likeness (QED) is 0.562. The number of carbonyl (C=O) groups excluding carboxylic acids is 2. The SMILES string of the molecule is CCCC(=O)C(CCC)OC(=O)C(C)c1ccc(CC(C)C)cc1. The minimum absolute atomic E-state index is 0.0344. The molecule has 3 heteroatoms. The van der Waals surface area contributed by atoms with Crippen molar-refractivity contribution in [2.75, 3.05) is 0 Å². The van der Waals surface area contributed by atoms with Gasteiger partial charge in [0.15, 0.2) is 11.9 Å². The van der Waals surface area contributed by atoms with E-state index in [1.807, 2.05) is 32.9 Å². The first-order valence-electron chi connectivity index (χ1n) is 9.21. The van der Waals surface area contributed by atoms with Crippen LogP contribution in [-0.4, -0.2) is 17.9 Å². The first-order valence-corrected chi connectivity index (χ1v) is 9.21. The molecule has 0 radical (unpaired) electrons. The highest BCUT2D eigenvalue weighted by atomic mass is 16.5. The Bertz CT molecular complexity index is 516. The van der Waals surface area contributed by atoms with Gasteiger partial charge in [-0.1, -0.05) is 58.4 Å². The first kappa shape index (κ1) is 20.4. The van der Waals surface area contributed by atoms with Crippen molar-refractivity contribution in [1.82, 2.24) is 0 Å². The highest BCUT2D eigenvalue weighted by Crippen LogP contribution is 2.21. The molecule has 0 bridgehead atoms. The summed E-state index contributed by atoms with van der Waals surface area (Å²) in [6.07, 6.45) is 3.12. The molecule has 1 aromatic rings. The average Bonchev–Trinajstić information content (AvgIpc) is 2.54. The van der Waals surface area contributed by atoms with E-state index in [9.17, 15) is 9.59 Å². The van der Waals surface area contributed by atoms with Gasteiger partial charge in [0.2, 0.25) is 0 Å². The Morgan fingerprint density at radius 3 is 2.12 bits per heavy atom. The van der Waals surface area contributed by atoms with Gasteiger partial charge in [-0.25, -0.2) is 0 Å². The number of rotatable bonds is 10. The Morgan fingerprint density at radius 1 is 1.00 bits per heavy atom. The molecule has 1 rings (SSSR count). The van der Waals surface area contributed by atoms with Crippen LogP contribution in [0, 0.1) is 5.92 Å². The van der Waals surface area contributed by atoms with Crippen molar-refractivity contribution in [3.8, 4) is 0 Å². The number of ether oxygens (including phenoxy) is 1. The maximum Gasteiger partial charge on any atom is 0.313 e. The second-order valence-corrected chi connectivity index (χ2v) is 6.99. The third kappa shape index (κ3) is 6.46. The first-order chi connectivity index (χ1) is 11.4. The Morgan fingerprint density at radius 2 is 1.62 bits per heavy atom. The summed E-state index contributed by atoms with van der Waals surface area (Å²) in [5.74, 6) is -0.0220. The summed E-state index contributed by atoms with van der Waals surface area (Å²) in [5, 5.41) is 0. The maximum absolute atomic E-state index is 12.4. The van der Waals surface area contributed by atoms with Crippen LogP contribution in [0.25, 0.3) is 0 Å². The largest absolute Gasteiger partial charge is 0.454 e. The fourth-order valence-electron chi connectivity index (χ4n) is 2.75. The molecule has 0 spiro atoms. The van der Waals surface area contributed by atoms with Crippen molar-refractivity contribution in [2.45, 2.75) is 78.7 Å². The molecule has 0 aliphatic rings. The number of hydrogen-bond donors (Lipinski definition) is 0. The van der Waals surface area contributed by atoms with E-state index in [4.69, 9.17) is 4.74 Å².